The quantitative estimate of drug-likeness (QED) is 0.879. The van der Waals surface area contributed by atoms with Gasteiger partial charge in [-0.1, -0.05) is 23.7 Å². The third-order valence-corrected chi connectivity index (χ3v) is 2.41. The normalized spacial score (nSPS) is 10.5. The second-order valence-electron chi connectivity index (χ2n) is 3.37. The molecule has 90 valence electrons. The summed E-state index contributed by atoms with van der Waals surface area (Å²) < 4.78 is 5.49. The van der Waals surface area contributed by atoms with Crippen LogP contribution in [0.2, 0.25) is 5.02 Å². The number of hydrogen-bond donors (Lipinski definition) is 1. The lowest BCUT2D eigenvalue weighted by Gasteiger charge is -2.09. The molecule has 0 bridgehead atoms. The van der Waals surface area contributed by atoms with E-state index in [1.54, 1.807) is 25.2 Å². The molecule has 17 heavy (non-hydrogen) atoms. The summed E-state index contributed by atoms with van der Waals surface area (Å²) in [5.41, 5.74) is 0.626. The SMILES string of the molecule is Cn1nnc(COc2c(Cl)cccc2CO)n1. The molecule has 0 amide bonds. The predicted octanol–water partition coefficient (Wildman–Crippen LogP) is 0.935. The first-order valence-corrected chi connectivity index (χ1v) is 5.32. The van der Waals surface area contributed by atoms with E-state index in [0.717, 1.165) is 0 Å². The molecule has 1 N–H and O–H groups in total. The minimum atomic E-state index is -0.135. The maximum Gasteiger partial charge on any atom is 0.212 e. The van der Waals surface area contributed by atoms with Crippen LogP contribution in [0, 0.1) is 0 Å². The minimum absolute atomic E-state index is 0.135. The van der Waals surface area contributed by atoms with E-state index >= 15 is 0 Å². The smallest absolute Gasteiger partial charge is 0.212 e. The molecular weight excluding hydrogens is 244 g/mol. The number of nitrogens with zero attached hydrogens (tertiary/aromatic N) is 4. The van der Waals surface area contributed by atoms with Gasteiger partial charge in [-0.3, -0.25) is 0 Å². The topological polar surface area (TPSA) is 73.1 Å². The fourth-order valence-corrected chi connectivity index (χ4v) is 1.61. The first-order valence-electron chi connectivity index (χ1n) is 4.94. The Hall–Kier alpha value is -1.66. The predicted molar refractivity (Wildman–Crippen MR) is 60.5 cm³/mol. The van der Waals surface area contributed by atoms with Gasteiger partial charge in [-0.25, -0.2) is 0 Å². The molecule has 2 rings (SSSR count). The highest BCUT2D eigenvalue weighted by molar-refractivity contribution is 6.32. The van der Waals surface area contributed by atoms with Crippen LogP contribution < -0.4 is 4.74 Å². The molecule has 0 aliphatic rings. The van der Waals surface area contributed by atoms with Crippen molar-refractivity contribution >= 4 is 11.6 Å². The molecule has 7 heteroatoms. The Morgan fingerprint density at radius 3 is 2.94 bits per heavy atom. The van der Waals surface area contributed by atoms with Crippen molar-refractivity contribution in [3.05, 3.63) is 34.6 Å². The highest BCUT2D eigenvalue weighted by Gasteiger charge is 2.09. The molecule has 0 radical (unpaired) electrons. The van der Waals surface area contributed by atoms with Crippen molar-refractivity contribution in [2.45, 2.75) is 13.2 Å². The van der Waals surface area contributed by atoms with Crippen molar-refractivity contribution in [3.8, 4) is 5.75 Å². The van der Waals surface area contributed by atoms with E-state index in [4.69, 9.17) is 21.4 Å². The molecule has 0 spiro atoms. The lowest BCUT2D eigenvalue weighted by Crippen LogP contribution is -2.02. The Balaban J connectivity index is 2.13. The van der Waals surface area contributed by atoms with Gasteiger partial charge < -0.3 is 9.84 Å². The zero-order valence-corrected chi connectivity index (χ0v) is 9.92. The number of aliphatic hydroxyl groups is 1. The lowest BCUT2D eigenvalue weighted by atomic mass is 10.2. The summed E-state index contributed by atoms with van der Waals surface area (Å²) in [5.74, 6) is 0.903. The zero-order chi connectivity index (χ0) is 12.3. The number of halogens is 1. The molecular formula is C10H11ClN4O2. The number of rotatable bonds is 4. The van der Waals surface area contributed by atoms with E-state index in [9.17, 15) is 0 Å². The summed E-state index contributed by atoms with van der Waals surface area (Å²) in [6.07, 6.45) is 0. The second kappa shape index (κ2) is 5.11. The van der Waals surface area contributed by atoms with Gasteiger partial charge in [-0.2, -0.15) is 4.80 Å². The number of ether oxygens (including phenoxy) is 1. The summed E-state index contributed by atoms with van der Waals surface area (Å²) in [4.78, 5) is 1.35. The summed E-state index contributed by atoms with van der Waals surface area (Å²) in [6, 6.07) is 5.19. The van der Waals surface area contributed by atoms with Crippen molar-refractivity contribution in [1.82, 2.24) is 20.2 Å². The monoisotopic (exact) mass is 254 g/mol. The Bertz CT molecular complexity index is 515. The van der Waals surface area contributed by atoms with Gasteiger partial charge in [0.2, 0.25) is 5.82 Å². The minimum Gasteiger partial charge on any atom is -0.484 e. The van der Waals surface area contributed by atoms with Crippen molar-refractivity contribution < 1.29 is 9.84 Å². The van der Waals surface area contributed by atoms with Crippen LogP contribution in [0.25, 0.3) is 0 Å². The van der Waals surface area contributed by atoms with Crippen LogP contribution in [-0.2, 0) is 20.3 Å². The number of benzene rings is 1. The van der Waals surface area contributed by atoms with Crippen LogP contribution in [-0.4, -0.2) is 25.3 Å². The van der Waals surface area contributed by atoms with Gasteiger partial charge in [0.05, 0.1) is 18.7 Å². The van der Waals surface area contributed by atoms with Crippen LogP contribution >= 0.6 is 11.6 Å². The summed E-state index contributed by atoms with van der Waals surface area (Å²) >= 11 is 5.98. The molecule has 0 aliphatic heterocycles. The molecule has 0 aliphatic carbocycles. The molecule has 2 aromatic rings. The van der Waals surface area contributed by atoms with Gasteiger partial charge in [0.15, 0.2) is 6.61 Å². The molecule has 0 atom stereocenters. The summed E-state index contributed by atoms with van der Waals surface area (Å²) in [6.45, 7) is 0.0222. The van der Waals surface area contributed by atoms with E-state index < -0.39 is 0 Å². The van der Waals surface area contributed by atoms with Crippen LogP contribution in [0.1, 0.15) is 11.4 Å². The summed E-state index contributed by atoms with van der Waals surface area (Å²) in [5, 5.41) is 21.1. The fourth-order valence-electron chi connectivity index (χ4n) is 1.36. The lowest BCUT2D eigenvalue weighted by molar-refractivity contribution is 0.255. The number of tetrazole rings is 1. The van der Waals surface area contributed by atoms with Crippen molar-refractivity contribution in [2.75, 3.05) is 0 Å². The number of para-hydroxylation sites is 1. The van der Waals surface area contributed by atoms with Crippen LogP contribution in [0.3, 0.4) is 0 Å². The number of aromatic nitrogens is 4. The van der Waals surface area contributed by atoms with E-state index in [2.05, 4.69) is 15.4 Å². The van der Waals surface area contributed by atoms with Gasteiger partial charge in [-0.05, 0) is 11.3 Å². The van der Waals surface area contributed by atoms with E-state index in [-0.39, 0.29) is 13.2 Å². The molecule has 0 unspecified atom stereocenters. The van der Waals surface area contributed by atoms with Crippen molar-refractivity contribution in [2.24, 2.45) is 7.05 Å². The first kappa shape index (κ1) is 11.8. The van der Waals surface area contributed by atoms with Gasteiger partial charge in [-0.15, -0.1) is 10.2 Å². The highest BCUT2D eigenvalue weighted by atomic mass is 35.5. The highest BCUT2D eigenvalue weighted by Crippen LogP contribution is 2.29. The molecule has 1 heterocycles. The number of aliphatic hydroxyl groups excluding tert-OH is 1. The van der Waals surface area contributed by atoms with Crippen LogP contribution in [0.5, 0.6) is 5.75 Å². The Labute approximate surface area is 103 Å². The van der Waals surface area contributed by atoms with E-state index in [0.29, 0.717) is 22.2 Å². The molecule has 0 saturated heterocycles. The molecule has 6 nitrogen and oxygen atoms in total. The third kappa shape index (κ3) is 2.72. The maximum absolute atomic E-state index is 9.16. The van der Waals surface area contributed by atoms with E-state index in [1.165, 1.54) is 4.80 Å². The van der Waals surface area contributed by atoms with Gasteiger partial charge in [0.1, 0.15) is 5.75 Å². The molecule has 1 aromatic heterocycles. The number of hydrogen-bond acceptors (Lipinski definition) is 5. The third-order valence-electron chi connectivity index (χ3n) is 2.11. The Kier molecular flexibility index (Phi) is 3.55. The maximum atomic E-state index is 9.16. The van der Waals surface area contributed by atoms with Crippen molar-refractivity contribution in [3.63, 3.8) is 0 Å². The molecule has 0 fully saturated rings. The average molecular weight is 255 g/mol. The standard InChI is InChI=1S/C10H11ClN4O2/c1-15-13-9(12-14-15)6-17-10-7(5-16)3-2-4-8(10)11/h2-4,16H,5-6H2,1H3. The zero-order valence-electron chi connectivity index (χ0n) is 9.17. The van der Waals surface area contributed by atoms with Gasteiger partial charge in [0, 0.05) is 5.56 Å². The van der Waals surface area contributed by atoms with Crippen molar-refractivity contribution in [1.29, 1.82) is 0 Å². The number of aryl methyl sites for hydroxylation is 1. The summed E-state index contributed by atoms with van der Waals surface area (Å²) in [7, 11) is 1.67. The molecule has 1 aromatic carbocycles. The second-order valence-corrected chi connectivity index (χ2v) is 3.78. The largest absolute Gasteiger partial charge is 0.484 e. The molecule has 0 saturated carbocycles. The first-order chi connectivity index (χ1) is 8.20. The van der Waals surface area contributed by atoms with Crippen LogP contribution in [0.4, 0.5) is 0 Å². The Morgan fingerprint density at radius 2 is 2.29 bits per heavy atom. The van der Waals surface area contributed by atoms with E-state index in [1.807, 2.05) is 0 Å². The average Bonchev–Trinajstić information content (AvgIpc) is 2.73. The van der Waals surface area contributed by atoms with Gasteiger partial charge >= 0.3 is 0 Å². The van der Waals surface area contributed by atoms with Gasteiger partial charge in [0.25, 0.3) is 0 Å². The Morgan fingerprint density at radius 1 is 1.47 bits per heavy atom. The van der Waals surface area contributed by atoms with Crippen LogP contribution in [0.15, 0.2) is 18.2 Å². The fraction of sp³-hybridized carbons (Fsp3) is 0.300.